The van der Waals surface area contributed by atoms with Crippen molar-refractivity contribution in [2.24, 2.45) is 7.05 Å². The van der Waals surface area contributed by atoms with Crippen molar-refractivity contribution in [3.05, 3.63) is 41.0 Å². The Morgan fingerprint density at radius 2 is 2.00 bits per heavy atom. The summed E-state index contributed by atoms with van der Waals surface area (Å²) in [5, 5.41) is 13.6. The number of hydrogen-bond donors (Lipinski definition) is 1. The molecule has 0 spiro atoms. The number of carbonyl (C=O) groups is 1. The van der Waals surface area contributed by atoms with E-state index >= 15 is 0 Å². The number of halogens is 1. The van der Waals surface area contributed by atoms with Gasteiger partial charge in [-0.1, -0.05) is 23.7 Å². The summed E-state index contributed by atoms with van der Waals surface area (Å²) in [6.45, 7) is 0. The SMILES string of the molecule is Cn1ncc(C(=O)O)c1-c1ccc(Cl)cc1. The molecule has 16 heavy (non-hydrogen) atoms. The predicted molar refractivity (Wildman–Crippen MR) is 60.6 cm³/mol. The standard InChI is InChI=1S/C11H9ClN2O2/c1-14-10(9(6-13-14)11(15)16)7-2-4-8(12)5-3-7/h2-6H,1H3,(H,15,16). The maximum absolute atomic E-state index is 11.0. The number of nitrogens with zero attached hydrogens (tertiary/aromatic N) is 2. The first-order chi connectivity index (χ1) is 7.59. The Morgan fingerprint density at radius 1 is 1.38 bits per heavy atom. The first-order valence-electron chi connectivity index (χ1n) is 4.61. The number of aromatic nitrogens is 2. The summed E-state index contributed by atoms with van der Waals surface area (Å²) in [6.07, 6.45) is 1.34. The van der Waals surface area contributed by atoms with Gasteiger partial charge in [0.1, 0.15) is 5.56 Å². The molecule has 2 aromatic rings. The molecule has 1 heterocycles. The van der Waals surface area contributed by atoms with Crippen molar-refractivity contribution in [3.63, 3.8) is 0 Å². The molecule has 5 heteroatoms. The molecule has 0 radical (unpaired) electrons. The number of hydrogen-bond acceptors (Lipinski definition) is 2. The number of rotatable bonds is 2. The second-order valence-electron chi connectivity index (χ2n) is 3.34. The Kier molecular flexibility index (Phi) is 2.66. The number of aromatic carboxylic acids is 1. The lowest BCUT2D eigenvalue weighted by Crippen LogP contribution is -2.00. The molecular formula is C11H9ClN2O2. The first kappa shape index (κ1) is 10.7. The van der Waals surface area contributed by atoms with Crippen molar-refractivity contribution in [1.82, 2.24) is 9.78 Å². The van der Waals surface area contributed by atoms with Crippen LogP contribution in [0.4, 0.5) is 0 Å². The molecule has 1 N–H and O–H groups in total. The third-order valence-electron chi connectivity index (χ3n) is 2.29. The summed E-state index contributed by atoms with van der Waals surface area (Å²) < 4.78 is 1.53. The van der Waals surface area contributed by atoms with Gasteiger partial charge in [0, 0.05) is 17.6 Å². The van der Waals surface area contributed by atoms with E-state index in [1.54, 1.807) is 31.3 Å². The van der Waals surface area contributed by atoms with Gasteiger partial charge in [0.25, 0.3) is 0 Å². The predicted octanol–water partition coefficient (Wildman–Crippen LogP) is 2.44. The van der Waals surface area contributed by atoms with Crippen LogP contribution in [0.25, 0.3) is 11.3 Å². The molecule has 2 rings (SSSR count). The van der Waals surface area contributed by atoms with E-state index in [4.69, 9.17) is 16.7 Å². The number of carboxylic acid groups (broad SMARTS) is 1. The highest BCUT2D eigenvalue weighted by atomic mass is 35.5. The molecule has 0 saturated carbocycles. The maximum Gasteiger partial charge on any atom is 0.339 e. The zero-order chi connectivity index (χ0) is 11.7. The Balaban J connectivity index is 2.58. The Labute approximate surface area is 97.1 Å². The second-order valence-corrected chi connectivity index (χ2v) is 3.78. The summed E-state index contributed by atoms with van der Waals surface area (Å²) in [5.41, 5.74) is 1.54. The van der Waals surface area contributed by atoms with Crippen molar-refractivity contribution >= 4 is 17.6 Å². The van der Waals surface area contributed by atoms with Crippen LogP contribution in [0.5, 0.6) is 0 Å². The Hall–Kier alpha value is -1.81. The van der Waals surface area contributed by atoms with E-state index in [0.717, 1.165) is 5.56 Å². The van der Waals surface area contributed by atoms with Gasteiger partial charge < -0.3 is 5.11 Å². The van der Waals surface area contributed by atoms with Crippen LogP contribution >= 0.6 is 11.6 Å². The zero-order valence-corrected chi connectivity index (χ0v) is 9.27. The Morgan fingerprint density at radius 3 is 2.56 bits per heavy atom. The van der Waals surface area contributed by atoms with E-state index in [1.165, 1.54) is 10.9 Å². The summed E-state index contributed by atoms with van der Waals surface area (Å²) in [7, 11) is 1.70. The fourth-order valence-electron chi connectivity index (χ4n) is 1.54. The van der Waals surface area contributed by atoms with Crippen LogP contribution in [0.1, 0.15) is 10.4 Å². The molecule has 82 valence electrons. The molecule has 4 nitrogen and oxygen atoms in total. The van der Waals surface area contributed by atoms with Crippen LogP contribution in [-0.2, 0) is 7.05 Å². The summed E-state index contributed by atoms with van der Waals surface area (Å²) in [5.74, 6) is -0.988. The number of benzene rings is 1. The Bertz CT molecular complexity index is 531. The lowest BCUT2D eigenvalue weighted by Gasteiger charge is -2.03. The molecule has 0 saturated heterocycles. The van der Waals surface area contributed by atoms with Gasteiger partial charge in [-0.25, -0.2) is 4.79 Å². The fourth-order valence-corrected chi connectivity index (χ4v) is 1.67. The molecule has 0 aliphatic carbocycles. The lowest BCUT2D eigenvalue weighted by molar-refractivity contribution is 0.0697. The van der Waals surface area contributed by atoms with Crippen LogP contribution in [0.2, 0.25) is 5.02 Å². The van der Waals surface area contributed by atoms with E-state index in [2.05, 4.69) is 5.10 Å². The summed E-state index contributed by atoms with van der Waals surface area (Å²) in [4.78, 5) is 11.0. The smallest absolute Gasteiger partial charge is 0.339 e. The second kappa shape index (κ2) is 3.98. The lowest BCUT2D eigenvalue weighted by atomic mass is 10.1. The van der Waals surface area contributed by atoms with Gasteiger partial charge >= 0.3 is 5.97 Å². The van der Waals surface area contributed by atoms with Crippen LogP contribution in [-0.4, -0.2) is 20.9 Å². The van der Waals surface area contributed by atoms with E-state index in [0.29, 0.717) is 10.7 Å². The van der Waals surface area contributed by atoms with E-state index in [1.807, 2.05) is 0 Å². The molecule has 0 unspecified atom stereocenters. The van der Waals surface area contributed by atoms with E-state index in [9.17, 15) is 4.79 Å². The quantitative estimate of drug-likeness (QED) is 0.871. The highest BCUT2D eigenvalue weighted by Gasteiger charge is 2.16. The molecule has 1 aromatic carbocycles. The summed E-state index contributed by atoms with van der Waals surface area (Å²) >= 11 is 5.78. The first-order valence-corrected chi connectivity index (χ1v) is 4.98. The average Bonchev–Trinajstić information content (AvgIpc) is 2.62. The van der Waals surface area contributed by atoms with Crippen molar-refractivity contribution in [3.8, 4) is 11.3 Å². The van der Waals surface area contributed by atoms with Gasteiger partial charge in [-0.2, -0.15) is 5.10 Å². The van der Waals surface area contributed by atoms with Crippen molar-refractivity contribution < 1.29 is 9.90 Å². The monoisotopic (exact) mass is 236 g/mol. The third kappa shape index (κ3) is 1.79. The normalized spacial score (nSPS) is 10.4. The zero-order valence-electron chi connectivity index (χ0n) is 8.51. The minimum Gasteiger partial charge on any atom is -0.478 e. The highest BCUT2D eigenvalue weighted by molar-refractivity contribution is 6.30. The largest absolute Gasteiger partial charge is 0.478 e. The summed E-state index contributed by atoms with van der Waals surface area (Å²) in [6, 6.07) is 6.97. The molecular weight excluding hydrogens is 228 g/mol. The molecule has 0 atom stereocenters. The van der Waals surface area contributed by atoms with Gasteiger partial charge in [0.05, 0.1) is 11.9 Å². The maximum atomic E-state index is 11.0. The van der Waals surface area contributed by atoms with Gasteiger partial charge in [-0.3, -0.25) is 4.68 Å². The van der Waals surface area contributed by atoms with Crippen molar-refractivity contribution in [1.29, 1.82) is 0 Å². The van der Waals surface area contributed by atoms with E-state index in [-0.39, 0.29) is 5.56 Å². The fraction of sp³-hybridized carbons (Fsp3) is 0.0909. The molecule has 0 aliphatic rings. The highest BCUT2D eigenvalue weighted by Crippen LogP contribution is 2.24. The minimum absolute atomic E-state index is 0.185. The van der Waals surface area contributed by atoms with Crippen molar-refractivity contribution in [2.45, 2.75) is 0 Å². The average molecular weight is 237 g/mol. The van der Waals surface area contributed by atoms with Gasteiger partial charge in [-0.05, 0) is 12.1 Å². The van der Waals surface area contributed by atoms with E-state index < -0.39 is 5.97 Å². The number of carboxylic acids is 1. The van der Waals surface area contributed by atoms with Crippen LogP contribution < -0.4 is 0 Å². The van der Waals surface area contributed by atoms with Crippen molar-refractivity contribution in [2.75, 3.05) is 0 Å². The van der Waals surface area contributed by atoms with Crippen LogP contribution in [0.15, 0.2) is 30.5 Å². The minimum atomic E-state index is -0.988. The third-order valence-corrected chi connectivity index (χ3v) is 2.54. The van der Waals surface area contributed by atoms with Gasteiger partial charge in [0.2, 0.25) is 0 Å². The molecule has 0 amide bonds. The topological polar surface area (TPSA) is 55.1 Å². The molecule has 0 bridgehead atoms. The number of aryl methyl sites for hydroxylation is 1. The van der Waals surface area contributed by atoms with Gasteiger partial charge in [0.15, 0.2) is 0 Å². The van der Waals surface area contributed by atoms with Crippen LogP contribution in [0, 0.1) is 0 Å². The molecule has 1 aromatic heterocycles. The molecule has 0 aliphatic heterocycles. The van der Waals surface area contributed by atoms with Crippen LogP contribution in [0.3, 0.4) is 0 Å². The van der Waals surface area contributed by atoms with Gasteiger partial charge in [-0.15, -0.1) is 0 Å². The molecule has 0 fully saturated rings.